The van der Waals surface area contributed by atoms with E-state index >= 15 is 0 Å². The van der Waals surface area contributed by atoms with Crippen LogP contribution in [-0.4, -0.2) is 24.5 Å². The standard InChI is InChI=1S/C12H16FNOS/c1-9-5-3-6-10(11(9)13)12(15)14-7-4-8-16-2/h3,5-6H,4,7-8H2,1-2H3,(H,14,15). The highest BCUT2D eigenvalue weighted by molar-refractivity contribution is 7.98. The zero-order valence-electron chi connectivity index (χ0n) is 9.55. The van der Waals surface area contributed by atoms with Crippen molar-refractivity contribution in [3.05, 3.63) is 35.1 Å². The molecule has 1 rings (SSSR count). The van der Waals surface area contributed by atoms with Crippen molar-refractivity contribution in [2.24, 2.45) is 0 Å². The molecule has 16 heavy (non-hydrogen) atoms. The zero-order valence-corrected chi connectivity index (χ0v) is 10.4. The molecule has 88 valence electrons. The van der Waals surface area contributed by atoms with Crippen LogP contribution in [0.2, 0.25) is 0 Å². The van der Waals surface area contributed by atoms with Gasteiger partial charge in [-0.15, -0.1) is 0 Å². The highest BCUT2D eigenvalue weighted by atomic mass is 32.2. The largest absolute Gasteiger partial charge is 0.352 e. The Morgan fingerprint density at radius 3 is 2.94 bits per heavy atom. The van der Waals surface area contributed by atoms with Gasteiger partial charge in [-0.25, -0.2) is 4.39 Å². The Bertz CT molecular complexity index is 368. The lowest BCUT2D eigenvalue weighted by Crippen LogP contribution is -2.25. The Morgan fingerprint density at radius 2 is 2.25 bits per heavy atom. The summed E-state index contributed by atoms with van der Waals surface area (Å²) in [5.74, 6) is 0.239. The van der Waals surface area contributed by atoms with Crippen LogP contribution in [0.5, 0.6) is 0 Å². The minimum Gasteiger partial charge on any atom is -0.352 e. The second kappa shape index (κ2) is 6.53. The summed E-state index contributed by atoms with van der Waals surface area (Å²) in [5, 5.41) is 2.71. The van der Waals surface area contributed by atoms with Crippen LogP contribution in [0.3, 0.4) is 0 Å². The Balaban J connectivity index is 2.56. The first-order valence-corrected chi connectivity index (χ1v) is 6.58. The van der Waals surface area contributed by atoms with Crippen LogP contribution in [0.25, 0.3) is 0 Å². The fraction of sp³-hybridized carbons (Fsp3) is 0.417. The van der Waals surface area contributed by atoms with E-state index in [1.165, 1.54) is 6.07 Å². The second-order valence-electron chi connectivity index (χ2n) is 3.54. The third-order valence-corrected chi connectivity index (χ3v) is 2.94. The number of hydrogen-bond acceptors (Lipinski definition) is 2. The van der Waals surface area contributed by atoms with Crippen molar-refractivity contribution in [1.82, 2.24) is 5.32 Å². The van der Waals surface area contributed by atoms with Crippen molar-refractivity contribution >= 4 is 17.7 Å². The molecule has 0 aliphatic carbocycles. The number of amides is 1. The molecule has 0 fully saturated rings. The van der Waals surface area contributed by atoms with Gasteiger partial charge in [0.25, 0.3) is 5.91 Å². The fourth-order valence-corrected chi connectivity index (χ4v) is 1.77. The van der Waals surface area contributed by atoms with E-state index in [4.69, 9.17) is 0 Å². The van der Waals surface area contributed by atoms with E-state index in [-0.39, 0.29) is 11.5 Å². The summed E-state index contributed by atoms with van der Waals surface area (Å²) in [6.07, 6.45) is 2.92. The van der Waals surface area contributed by atoms with Gasteiger partial charge in [-0.3, -0.25) is 4.79 Å². The summed E-state index contributed by atoms with van der Waals surface area (Å²) in [6.45, 7) is 2.24. The third-order valence-electron chi connectivity index (χ3n) is 2.25. The van der Waals surface area contributed by atoms with Crippen LogP contribution < -0.4 is 5.32 Å². The summed E-state index contributed by atoms with van der Waals surface area (Å²) in [4.78, 5) is 11.6. The van der Waals surface area contributed by atoms with E-state index < -0.39 is 5.82 Å². The van der Waals surface area contributed by atoms with E-state index in [0.29, 0.717) is 12.1 Å². The van der Waals surface area contributed by atoms with Gasteiger partial charge in [0.05, 0.1) is 5.56 Å². The first-order chi connectivity index (χ1) is 7.66. The predicted octanol–water partition coefficient (Wildman–Crippen LogP) is 2.62. The Morgan fingerprint density at radius 1 is 1.50 bits per heavy atom. The molecule has 4 heteroatoms. The molecule has 0 spiro atoms. The Kier molecular flexibility index (Phi) is 5.32. The van der Waals surface area contributed by atoms with Crippen molar-refractivity contribution in [3.8, 4) is 0 Å². The van der Waals surface area contributed by atoms with Gasteiger partial charge in [-0.1, -0.05) is 12.1 Å². The van der Waals surface area contributed by atoms with E-state index in [9.17, 15) is 9.18 Å². The maximum absolute atomic E-state index is 13.6. The molecule has 1 aromatic rings. The fourth-order valence-electron chi connectivity index (χ4n) is 1.34. The molecule has 2 nitrogen and oxygen atoms in total. The lowest BCUT2D eigenvalue weighted by atomic mass is 10.1. The van der Waals surface area contributed by atoms with Gasteiger partial charge in [0.15, 0.2) is 0 Å². The Hall–Kier alpha value is -1.03. The molecule has 0 aliphatic heterocycles. The number of halogens is 1. The van der Waals surface area contributed by atoms with Gasteiger partial charge >= 0.3 is 0 Å². The minimum absolute atomic E-state index is 0.129. The molecule has 0 saturated carbocycles. The minimum atomic E-state index is -0.426. The van der Waals surface area contributed by atoms with Gasteiger partial charge in [0.2, 0.25) is 0 Å². The van der Waals surface area contributed by atoms with Gasteiger partial charge in [-0.05, 0) is 37.0 Å². The number of nitrogens with one attached hydrogen (secondary N) is 1. The predicted molar refractivity (Wildman–Crippen MR) is 66.5 cm³/mol. The molecule has 1 aromatic carbocycles. The molecule has 0 heterocycles. The summed E-state index contributed by atoms with van der Waals surface area (Å²) < 4.78 is 13.6. The van der Waals surface area contributed by atoms with Crippen LogP contribution in [0.15, 0.2) is 18.2 Å². The SMILES string of the molecule is CSCCCNC(=O)c1cccc(C)c1F. The number of benzene rings is 1. The lowest BCUT2D eigenvalue weighted by Gasteiger charge is -2.06. The van der Waals surface area contributed by atoms with E-state index in [0.717, 1.165) is 12.2 Å². The first kappa shape index (κ1) is 13.0. The summed E-state index contributed by atoms with van der Waals surface area (Å²) in [7, 11) is 0. The number of thioether (sulfide) groups is 1. The van der Waals surface area contributed by atoms with Gasteiger partial charge in [0, 0.05) is 6.54 Å². The van der Waals surface area contributed by atoms with E-state index in [1.807, 2.05) is 6.26 Å². The van der Waals surface area contributed by atoms with Crippen LogP contribution in [-0.2, 0) is 0 Å². The number of hydrogen-bond donors (Lipinski definition) is 1. The molecule has 0 bridgehead atoms. The van der Waals surface area contributed by atoms with Crippen LogP contribution in [0.4, 0.5) is 4.39 Å². The molecule has 1 N–H and O–H groups in total. The normalized spacial score (nSPS) is 10.2. The lowest BCUT2D eigenvalue weighted by molar-refractivity contribution is 0.0949. The van der Waals surface area contributed by atoms with E-state index in [2.05, 4.69) is 5.32 Å². The second-order valence-corrected chi connectivity index (χ2v) is 4.52. The average molecular weight is 241 g/mol. The highest BCUT2D eigenvalue weighted by Crippen LogP contribution is 2.11. The zero-order chi connectivity index (χ0) is 12.0. The molecular formula is C12H16FNOS. The van der Waals surface area contributed by atoms with Crippen molar-refractivity contribution in [2.45, 2.75) is 13.3 Å². The van der Waals surface area contributed by atoms with Crippen molar-refractivity contribution in [2.75, 3.05) is 18.6 Å². The monoisotopic (exact) mass is 241 g/mol. The molecule has 0 unspecified atom stereocenters. The van der Waals surface area contributed by atoms with Crippen molar-refractivity contribution in [3.63, 3.8) is 0 Å². The van der Waals surface area contributed by atoms with Crippen molar-refractivity contribution in [1.29, 1.82) is 0 Å². The van der Waals surface area contributed by atoms with Crippen LogP contribution in [0.1, 0.15) is 22.3 Å². The molecular weight excluding hydrogens is 225 g/mol. The molecule has 1 amide bonds. The topological polar surface area (TPSA) is 29.1 Å². The molecule has 0 atom stereocenters. The quantitative estimate of drug-likeness (QED) is 0.803. The molecule has 0 aromatic heterocycles. The third kappa shape index (κ3) is 3.52. The van der Waals surface area contributed by atoms with Crippen molar-refractivity contribution < 1.29 is 9.18 Å². The van der Waals surface area contributed by atoms with Gasteiger partial charge in [-0.2, -0.15) is 11.8 Å². The van der Waals surface area contributed by atoms with Crippen LogP contribution >= 0.6 is 11.8 Å². The highest BCUT2D eigenvalue weighted by Gasteiger charge is 2.11. The van der Waals surface area contributed by atoms with E-state index in [1.54, 1.807) is 30.8 Å². The molecule has 0 radical (unpaired) electrons. The van der Waals surface area contributed by atoms with Crippen LogP contribution in [0, 0.1) is 12.7 Å². The average Bonchev–Trinajstić information content (AvgIpc) is 2.28. The maximum Gasteiger partial charge on any atom is 0.254 e. The van der Waals surface area contributed by atoms with Gasteiger partial charge < -0.3 is 5.32 Å². The molecule has 0 saturated heterocycles. The number of carbonyl (C=O) groups excluding carboxylic acids is 1. The summed E-state index contributed by atoms with van der Waals surface area (Å²) in [6, 6.07) is 4.85. The number of aryl methyl sites for hydroxylation is 1. The maximum atomic E-state index is 13.6. The summed E-state index contributed by atoms with van der Waals surface area (Å²) in [5.41, 5.74) is 0.626. The first-order valence-electron chi connectivity index (χ1n) is 5.19. The Labute approximate surface area is 99.6 Å². The number of rotatable bonds is 5. The molecule has 0 aliphatic rings. The van der Waals surface area contributed by atoms with Gasteiger partial charge in [0.1, 0.15) is 5.82 Å². The number of carbonyl (C=O) groups is 1. The summed E-state index contributed by atoms with van der Waals surface area (Å²) >= 11 is 1.73. The smallest absolute Gasteiger partial charge is 0.254 e.